The van der Waals surface area contributed by atoms with Crippen molar-refractivity contribution in [2.75, 3.05) is 13.2 Å². The van der Waals surface area contributed by atoms with Gasteiger partial charge in [-0.15, -0.1) is 0 Å². The highest BCUT2D eigenvalue weighted by Gasteiger charge is 2.29. The number of nitrogens with one attached hydrogen (secondary N) is 2. The number of aliphatic carboxylic acids is 1. The van der Waals surface area contributed by atoms with E-state index in [9.17, 15) is 14.7 Å². The SMILES string of the molecule is C=C(N)NCCC[C@H](NC(=O)OCC1c2ccccc2-c2ccccc21)C(=O)O. The molecule has 29 heavy (non-hydrogen) atoms. The molecule has 0 radical (unpaired) electrons. The molecule has 2 aromatic carbocycles. The van der Waals surface area contributed by atoms with E-state index in [1.54, 1.807) is 0 Å². The Hall–Kier alpha value is -3.48. The fraction of sp³-hybridized carbons (Fsp3) is 0.273. The van der Waals surface area contributed by atoms with Crippen molar-refractivity contribution in [3.05, 3.63) is 72.1 Å². The van der Waals surface area contributed by atoms with E-state index in [1.807, 2.05) is 36.4 Å². The third-order valence-electron chi connectivity index (χ3n) is 4.96. The molecule has 0 aromatic heterocycles. The van der Waals surface area contributed by atoms with Crippen LogP contribution in [0.1, 0.15) is 29.9 Å². The minimum absolute atomic E-state index is 0.0730. The Morgan fingerprint density at radius 2 is 1.69 bits per heavy atom. The Kier molecular flexibility index (Phi) is 6.39. The summed E-state index contributed by atoms with van der Waals surface area (Å²) in [6.07, 6.45) is 0.0202. The predicted molar refractivity (Wildman–Crippen MR) is 110 cm³/mol. The van der Waals surface area contributed by atoms with Crippen molar-refractivity contribution in [2.45, 2.75) is 24.8 Å². The van der Waals surface area contributed by atoms with Crippen LogP contribution < -0.4 is 16.4 Å². The van der Waals surface area contributed by atoms with Gasteiger partial charge in [0, 0.05) is 12.5 Å². The van der Waals surface area contributed by atoms with Crippen LogP contribution in [0.5, 0.6) is 0 Å². The topological polar surface area (TPSA) is 114 Å². The first kappa shape index (κ1) is 20.3. The molecule has 152 valence electrons. The number of ether oxygens (including phenoxy) is 1. The molecular formula is C22H25N3O4. The molecule has 0 bridgehead atoms. The number of benzene rings is 2. The van der Waals surface area contributed by atoms with Crippen molar-refractivity contribution in [1.82, 2.24) is 10.6 Å². The summed E-state index contributed by atoms with van der Waals surface area (Å²) in [7, 11) is 0. The van der Waals surface area contributed by atoms with Gasteiger partial charge in [0.2, 0.25) is 0 Å². The van der Waals surface area contributed by atoms with Gasteiger partial charge in [-0.05, 0) is 35.1 Å². The Balaban J connectivity index is 1.58. The zero-order valence-electron chi connectivity index (χ0n) is 16.1. The second kappa shape index (κ2) is 9.14. The number of carbonyl (C=O) groups is 2. The highest BCUT2D eigenvalue weighted by molar-refractivity contribution is 5.81. The summed E-state index contributed by atoms with van der Waals surface area (Å²) in [5, 5.41) is 14.6. The van der Waals surface area contributed by atoms with Crippen LogP contribution in [0.25, 0.3) is 11.1 Å². The maximum Gasteiger partial charge on any atom is 0.407 e. The molecule has 0 fully saturated rings. The van der Waals surface area contributed by atoms with E-state index in [1.165, 1.54) is 0 Å². The second-order valence-electron chi connectivity index (χ2n) is 6.95. The molecular weight excluding hydrogens is 370 g/mol. The van der Waals surface area contributed by atoms with Crippen LogP contribution in [0, 0.1) is 0 Å². The predicted octanol–water partition coefficient (Wildman–Crippen LogP) is 2.78. The normalized spacial score (nSPS) is 13.1. The number of fused-ring (bicyclic) bond motifs is 3. The number of carbonyl (C=O) groups excluding carboxylic acids is 1. The Labute approximate surface area is 169 Å². The number of carboxylic acid groups (broad SMARTS) is 1. The Morgan fingerprint density at radius 3 is 2.24 bits per heavy atom. The van der Waals surface area contributed by atoms with Crippen LogP contribution in [-0.4, -0.2) is 36.4 Å². The lowest BCUT2D eigenvalue weighted by atomic mass is 9.98. The fourth-order valence-electron chi connectivity index (χ4n) is 3.59. The van der Waals surface area contributed by atoms with Gasteiger partial charge in [-0.3, -0.25) is 0 Å². The first-order valence-corrected chi connectivity index (χ1v) is 9.50. The third-order valence-corrected chi connectivity index (χ3v) is 4.96. The summed E-state index contributed by atoms with van der Waals surface area (Å²) in [6.45, 7) is 4.13. The lowest BCUT2D eigenvalue weighted by Crippen LogP contribution is -2.41. The average molecular weight is 395 g/mol. The van der Waals surface area contributed by atoms with Crippen LogP contribution in [0.15, 0.2) is 60.9 Å². The molecule has 7 heteroatoms. The molecule has 1 aliphatic rings. The Bertz CT molecular complexity index is 867. The van der Waals surface area contributed by atoms with Crippen LogP contribution in [0.2, 0.25) is 0 Å². The van der Waals surface area contributed by atoms with E-state index in [-0.39, 0.29) is 18.9 Å². The van der Waals surface area contributed by atoms with Crippen molar-refractivity contribution < 1.29 is 19.4 Å². The summed E-state index contributed by atoms with van der Waals surface area (Å²) in [5.74, 6) is -0.859. The largest absolute Gasteiger partial charge is 0.480 e. The summed E-state index contributed by atoms with van der Waals surface area (Å²) in [6, 6.07) is 15.0. The number of amides is 1. The quantitative estimate of drug-likeness (QED) is 0.486. The average Bonchev–Trinajstić information content (AvgIpc) is 3.02. The van der Waals surface area contributed by atoms with Gasteiger partial charge in [0.05, 0.1) is 5.82 Å². The zero-order chi connectivity index (χ0) is 20.8. The van der Waals surface area contributed by atoms with Crippen molar-refractivity contribution >= 4 is 12.1 Å². The molecule has 0 aliphatic heterocycles. The first-order valence-electron chi connectivity index (χ1n) is 9.50. The van der Waals surface area contributed by atoms with Crippen molar-refractivity contribution in [3.8, 4) is 11.1 Å². The van der Waals surface area contributed by atoms with Crippen LogP contribution >= 0.6 is 0 Å². The lowest BCUT2D eigenvalue weighted by molar-refractivity contribution is -0.139. The molecule has 1 aliphatic carbocycles. The lowest BCUT2D eigenvalue weighted by Gasteiger charge is -2.17. The van der Waals surface area contributed by atoms with Gasteiger partial charge in [0.25, 0.3) is 0 Å². The zero-order valence-corrected chi connectivity index (χ0v) is 16.1. The van der Waals surface area contributed by atoms with Gasteiger partial charge in [0.1, 0.15) is 12.6 Å². The van der Waals surface area contributed by atoms with Gasteiger partial charge in [-0.2, -0.15) is 0 Å². The monoisotopic (exact) mass is 395 g/mol. The minimum Gasteiger partial charge on any atom is -0.480 e. The van der Waals surface area contributed by atoms with Crippen LogP contribution in [0.3, 0.4) is 0 Å². The summed E-state index contributed by atoms with van der Waals surface area (Å²) in [4.78, 5) is 23.7. The molecule has 0 spiro atoms. The van der Waals surface area contributed by atoms with Crippen LogP contribution in [-0.2, 0) is 9.53 Å². The molecule has 7 nitrogen and oxygen atoms in total. The number of rotatable bonds is 9. The first-order chi connectivity index (χ1) is 14.0. The van der Waals surface area contributed by atoms with Gasteiger partial charge < -0.3 is 26.2 Å². The number of carboxylic acids is 1. The molecule has 5 N–H and O–H groups in total. The molecule has 2 aromatic rings. The van der Waals surface area contributed by atoms with Gasteiger partial charge >= 0.3 is 12.1 Å². The van der Waals surface area contributed by atoms with Crippen molar-refractivity contribution in [2.24, 2.45) is 5.73 Å². The highest BCUT2D eigenvalue weighted by Crippen LogP contribution is 2.44. The van der Waals surface area contributed by atoms with E-state index in [4.69, 9.17) is 10.5 Å². The maximum absolute atomic E-state index is 12.2. The molecule has 1 amide bonds. The summed E-state index contributed by atoms with van der Waals surface area (Å²) in [5.41, 5.74) is 9.88. The maximum atomic E-state index is 12.2. The van der Waals surface area contributed by atoms with Crippen molar-refractivity contribution in [1.29, 1.82) is 0 Å². The molecule has 3 rings (SSSR count). The van der Waals surface area contributed by atoms with E-state index < -0.39 is 18.1 Å². The summed E-state index contributed by atoms with van der Waals surface area (Å²) < 4.78 is 5.40. The van der Waals surface area contributed by atoms with E-state index in [0.717, 1.165) is 22.3 Å². The fourth-order valence-corrected chi connectivity index (χ4v) is 3.59. The summed E-state index contributed by atoms with van der Waals surface area (Å²) >= 11 is 0. The smallest absolute Gasteiger partial charge is 0.407 e. The number of hydrogen-bond acceptors (Lipinski definition) is 5. The van der Waals surface area contributed by atoms with Gasteiger partial charge in [-0.25, -0.2) is 9.59 Å². The van der Waals surface area contributed by atoms with E-state index >= 15 is 0 Å². The van der Waals surface area contributed by atoms with Crippen LogP contribution in [0.4, 0.5) is 4.79 Å². The molecule has 1 atom stereocenters. The number of hydrogen-bond donors (Lipinski definition) is 4. The van der Waals surface area contributed by atoms with Crippen molar-refractivity contribution in [3.63, 3.8) is 0 Å². The third kappa shape index (κ3) is 4.87. The van der Waals surface area contributed by atoms with Gasteiger partial charge in [0.15, 0.2) is 0 Å². The van der Waals surface area contributed by atoms with E-state index in [2.05, 4.69) is 29.3 Å². The molecule has 0 heterocycles. The highest BCUT2D eigenvalue weighted by atomic mass is 16.5. The van der Waals surface area contributed by atoms with E-state index in [0.29, 0.717) is 18.8 Å². The minimum atomic E-state index is -1.11. The Morgan fingerprint density at radius 1 is 1.10 bits per heavy atom. The standard InChI is InChI=1S/C22H25N3O4/c1-14(23)24-12-6-11-20(21(26)27)25-22(28)29-13-19-17-9-4-2-7-15(17)16-8-3-5-10-18(16)19/h2-5,7-10,19-20,24H,1,6,11-13,23H2,(H,25,28)(H,26,27)/t20-/m0/s1. The molecule has 0 saturated carbocycles. The molecule has 0 saturated heterocycles. The van der Waals surface area contributed by atoms with Gasteiger partial charge in [-0.1, -0.05) is 55.1 Å². The number of alkyl carbamates (subject to hydrolysis) is 1. The molecule has 0 unspecified atom stereocenters. The number of nitrogens with two attached hydrogens (primary N) is 1. The second-order valence-corrected chi connectivity index (χ2v) is 6.95.